The van der Waals surface area contributed by atoms with Crippen LogP contribution in [-0.4, -0.2) is 31.3 Å². The number of ether oxygens (including phenoxy) is 1. The van der Waals surface area contributed by atoms with Gasteiger partial charge in [-0.05, 0) is 32.0 Å². The number of rotatable bonds is 6. The molecule has 0 aliphatic rings. The molecular formula is C11H18N2O. The van der Waals surface area contributed by atoms with Crippen LogP contribution in [0, 0.1) is 0 Å². The fourth-order valence-electron chi connectivity index (χ4n) is 1.27. The molecule has 0 amide bonds. The quantitative estimate of drug-likeness (QED) is 0.740. The van der Waals surface area contributed by atoms with Crippen molar-refractivity contribution < 1.29 is 4.74 Å². The van der Waals surface area contributed by atoms with Gasteiger partial charge in [0.1, 0.15) is 0 Å². The van der Waals surface area contributed by atoms with Crippen LogP contribution in [0.5, 0.6) is 0 Å². The molecule has 1 unspecified atom stereocenters. The molecule has 0 saturated heterocycles. The molecule has 0 radical (unpaired) electrons. The molecule has 0 fully saturated rings. The smallest absolute Gasteiger partial charge is 0.0671 e. The molecular weight excluding hydrogens is 176 g/mol. The standard InChI is InChI=1S/C11H18N2O/c1-10(8-12-2)14-7-5-11-4-3-6-13-9-11/h3-4,6,9-10,12H,5,7-8H2,1-2H3. The number of aromatic nitrogens is 1. The third-order valence-electron chi connectivity index (χ3n) is 2.01. The minimum absolute atomic E-state index is 0.275. The Morgan fingerprint density at radius 2 is 2.43 bits per heavy atom. The number of hydrogen-bond acceptors (Lipinski definition) is 3. The summed E-state index contributed by atoms with van der Waals surface area (Å²) in [6.07, 6.45) is 4.87. The average molecular weight is 194 g/mol. The average Bonchev–Trinajstić information content (AvgIpc) is 2.20. The summed E-state index contributed by atoms with van der Waals surface area (Å²) in [6, 6.07) is 4.02. The molecule has 0 aliphatic heterocycles. The van der Waals surface area contributed by atoms with Crippen molar-refractivity contribution in [1.82, 2.24) is 10.3 Å². The topological polar surface area (TPSA) is 34.1 Å². The maximum absolute atomic E-state index is 5.60. The van der Waals surface area contributed by atoms with Gasteiger partial charge in [0.15, 0.2) is 0 Å². The number of nitrogens with one attached hydrogen (secondary N) is 1. The molecule has 3 nitrogen and oxygen atoms in total. The fraction of sp³-hybridized carbons (Fsp3) is 0.545. The molecule has 1 aromatic rings. The zero-order valence-corrected chi connectivity index (χ0v) is 8.86. The Labute approximate surface area is 85.5 Å². The lowest BCUT2D eigenvalue weighted by Crippen LogP contribution is -2.24. The number of pyridine rings is 1. The van der Waals surface area contributed by atoms with E-state index in [4.69, 9.17) is 4.74 Å². The Morgan fingerprint density at radius 1 is 1.57 bits per heavy atom. The molecule has 0 aromatic carbocycles. The van der Waals surface area contributed by atoms with Crippen molar-refractivity contribution in [3.8, 4) is 0 Å². The Bertz CT molecular complexity index is 238. The Kier molecular flexibility index (Phi) is 5.19. The van der Waals surface area contributed by atoms with Crippen molar-refractivity contribution in [1.29, 1.82) is 0 Å². The molecule has 0 bridgehead atoms. The maximum Gasteiger partial charge on any atom is 0.0671 e. The van der Waals surface area contributed by atoms with Gasteiger partial charge in [-0.1, -0.05) is 6.07 Å². The summed E-state index contributed by atoms with van der Waals surface area (Å²) >= 11 is 0. The molecule has 0 saturated carbocycles. The summed E-state index contributed by atoms with van der Waals surface area (Å²) in [6.45, 7) is 3.72. The molecule has 1 N–H and O–H groups in total. The molecule has 1 atom stereocenters. The van der Waals surface area contributed by atoms with Gasteiger partial charge < -0.3 is 10.1 Å². The first-order valence-electron chi connectivity index (χ1n) is 4.98. The first-order valence-corrected chi connectivity index (χ1v) is 4.98. The highest BCUT2D eigenvalue weighted by Gasteiger charge is 1.99. The Balaban J connectivity index is 2.16. The summed E-state index contributed by atoms with van der Waals surface area (Å²) in [4.78, 5) is 4.05. The van der Waals surface area contributed by atoms with Gasteiger partial charge in [0.05, 0.1) is 12.7 Å². The van der Waals surface area contributed by atoms with Gasteiger partial charge in [-0.2, -0.15) is 0 Å². The SMILES string of the molecule is CNCC(C)OCCc1cccnc1. The van der Waals surface area contributed by atoms with Crippen LogP contribution in [0.1, 0.15) is 12.5 Å². The summed E-state index contributed by atoms with van der Waals surface area (Å²) in [5.74, 6) is 0. The van der Waals surface area contributed by atoms with Crippen LogP contribution in [0.4, 0.5) is 0 Å². The zero-order valence-electron chi connectivity index (χ0n) is 8.86. The van der Waals surface area contributed by atoms with Gasteiger partial charge in [-0.25, -0.2) is 0 Å². The fourth-order valence-corrected chi connectivity index (χ4v) is 1.27. The van der Waals surface area contributed by atoms with Gasteiger partial charge in [0, 0.05) is 18.9 Å². The van der Waals surface area contributed by atoms with Crippen LogP contribution in [0.25, 0.3) is 0 Å². The van der Waals surface area contributed by atoms with Crippen LogP contribution in [0.2, 0.25) is 0 Å². The van der Waals surface area contributed by atoms with Crippen molar-refractivity contribution in [2.24, 2.45) is 0 Å². The van der Waals surface area contributed by atoms with Crippen molar-refractivity contribution in [3.05, 3.63) is 30.1 Å². The van der Waals surface area contributed by atoms with E-state index in [1.807, 2.05) is 19.3 Å². The highest BCUT2D eigenvalue weighted by molar-refractivity contribution is 5.08. The van der Waals surface area contributed by atoms with Crippen LogP contribution in [0.15, 0.2) is 24.5 Å². The highest BCUT2D eigenvalue weighted by Crippen LogP contribution is 1.98. The summed E-state index contributed by atoms with van der Waals surface area (Å²) < 4.78 is 5.60. The van der Waals surface area contributed by atoms with E-state index >= 15 is 0 Å². The van der Waals surface area contributed by atoms with Crippen LogP contribution in [-0.2, 0) is 11.2 Å². The predicted octanol–water partition coefficient (Wildman–Crippen LogP) is 1.25. The second-order valence-electron chi connectivity index (χ2n) is 3.35. The number of nitrogens with zero attached hydrogens (tertiary/aromatic N) is 1. The lowest BCUT2D eigenvalue weighted by atomic mass is 10.2. The normalized spacial score (nSPS) is 12.7. The van der Waals surface area contributed by atoms with Crippen LogP contribution < -0.4 is 5.32 Å². The summed E-state index contributed by atoms with van der Waals surface area (Å²) in [7, 11) is 1.93. The minimum atomic E-state index is 0.275. The zero-order chi connectivity index (χ0) is 10.2. The van der Waals surface area contributed by atoms with Crippen LogP contribution >= 0.6 is 0 Å². The van der Waals surface area contributed by atoms with Gasteiger partial charge in [0.2, 0.25) is 0 Å². The van der Waals surface area contributed by atoms with Crippen molar-refractivity contribution in [2.75, 3.05) is 20.2 Å². The molecule has 14 heavy (non-hydrogen) atoms. The second-order valence-corrected chi connectivity index (χ2v) is 3.35. The lowest BCUT2D eigenvalue weighted by Gasteiger charge is -2.11. The Hall–Kier alpha value is -0.930. The second kappa shape index (κ2) is 6.51. The number of hydrogen-bond donors (Lipinski definition) is 1. The Morgan fingerprint density at radius 3 is 3.07 bits per heavy atom. The third-order valence-corrected chi connectivity index (χ3v) is 2.01. The molecule has 3 heteroatoms. The van der Waals surface area contributed by atoms with E-state index in [-0.39, 0.29) is 6.10 Å². The van der Waals surface area contributed by atoms with E-state index in [1.165, 1.54) is 5.56 Å². The van der Waals surface area contributed by atoms with Crippen LogP contribution in [0.3, 0.4) is 0 Å². The van der Waals surface area contributed by atoms with Gasteiger partial charge in [-0.3, -0.25) is 4.98 Å². The molecule has 1 aromatic heterocycles. The highest BCUT2D eigenvalue weighted by atomic mass is 16.5. The molecule has 78 valence electrons. The number of likely N-dealkylation sites (N-methyl/N-ethyl adjacent to an activating group) is 1. The summed E-state index contributed by atoms with van der Waals surface area (Å²) in [5.41, 5.74) is 1.23. The van der Waals surface area contributed by atoms with Gasteiger partial charge in [-0.15, -0.1) is 0 Å². The first kappa shape index (κ1) is 11.1. The van der Waals surface area contributed by atoms with E-state index in [9.17, 15) is 0 Å². The van der Waals surface area contributed by atoms with E-state index in [2.05, 4.69) is 23.3 Å². The molecule has 0 spiro atoms. The lowest BCUT2D eigenvalue weighted by molar-refractivity contribution is 0.0695. The van der Waals surface area contributed by atoms with Crippen molar-refractivity contribution in [3.63, 3.8) is 0 Å². The van der Waals surface area contributed by atoms with Crippen molar-refractivity contribution in [2.45, 2.75) is 19.4 Å². The molecule has 0 aliphatic carbocycles. The largest absolute Gasteiger partial charge is 0.377 e. The minimum Gasteiger partial charge on any atom is -0.377 e. The van der Waals surface area contributed by atoms with Gasteiger partial charge in [0.25, 0.3) is 0 Å². The van der Waals surface area contributed by atoms with E-state index in [1.54, 1.807) is 6.20 Å². The predicted molar refractivity (Wildman–Crippen MR) is 57.3 cm³/mol. The van der Waals surface area contributed by atoms with E-state index in [0.717, 1.165) is 19.6 Å². The van der Waals surface area contributed by atoms with Crippen molar-refractivity contribution >= 4 is 0 Å². The summed E-state index contributed by atoms with van der Waals surface area (Å²) in [5, 5.41) is 3.08. The third kappa shape index (κ3) is 4.35. The van der Waals surface area contributed by atoms with E-state index in [0.29, 0.717) is 0 Å². The van der Waals surface area contributed by atoms with Gasteiger partial charge >= 0.3 is 0 Å². The molecule has 1 rings (SSSR count). The monoisotopic (exact) mass is 194 g/mol. The maximum atomic E-state index is 5.60. The van der Waals surface area contributed by atoms with E-state index < -0.39 is 0 Å². The first-order chi connectivity index (χ1) is 6.83. The molecule has 1 heterocycles.